The van der Waals surface area contributed by atoms with Crippen LogP contribution in [0.4, 0.5) is 0 Å². The molecule has 2 aromatic rings. The van der Waals surface area contributed by atoms with Crippen LogP contribution in [0.25, 0.3) is 0 Å². The zero-order chi connectivity index (χ0) is 13.0. The largest absolute Gasteiger partial charge is 0.423 e. The summed E-state index contributed by atoms with van der Waals surface area (Å²) in [4.78, 5) is 12.1. The monoisotopic (exact) mass is 240 g/mol. The summed E-state index contributed by atoms with van der Waals surface area (Å²) in [5.41, 5.74) is 2.79. The maximum atomic E-state index is 12.1. The Morgan fingerprint density at radius 3 is 2.39 bits per heavy atom. The van der Waals surface area contributed by atoms with Gasteiger partial charge >= 0.3 is 5.97 Å². The molecule has 2 nitrogen and oxygen atoms in total. The number of carbonyl (C=O) groups excluding carboxylic acids is 1. The minimum atomic E-state index is -0.295. The van der Waals surface area contributed by atoms with Gasteiger partial charge in [0.1, 0.15) is 5.75 Å². The van der Waals surface area contributed by atoms with E-state index in [1.165, 1.54) is 0 Å². The van der Waals surface area contributed by atoms with Gasteiger partial charge in [0, 0.05) is 0 Å². The Morgan fingerprint density at radius 1 is 1.06 bits per heavy atom. The number of benzene rings is 2. The summed E-state index contributed by atoms with van der Waals surface area (Å²) in [7, 11) is 0. The van der Waals surface area contributed by atoms with Crippen molar-refractivity contribution in [2.45, 2.75) is 20.3 Å². The van der Waals surface area contributed by atoms with Crippen molar-refractivity contribution in [3.63, 3.8) is 0 Å². The molecular weight excluding hydrogens is 224 g/mol. The third kappa shape index (κ3) is 2.77. The Hall–Kier alpha value is -2.09. The molecule has 0 aliphatic heterocycles. The van der Waals surface area contributed by atoms with Crippen molar-refractivity contribution in [1.29, 1.82) is 0 Å². The highest BCUT2D eigenvalue weighted by atomic mass is 16.5. The summed E-state index contributed by atoms with van der Waals surface area (Å²) in [6, 6.07) is 15.0. The molecule has 2 rings (SSSR count). The predicted octanol–water partition coefficient (Wildman–Crippen LogP) is 3.78. The van der Waals surface area contributed by atoms with Gasteiger partial charge in [0.15, 0.2) is 0 Å². The van der Waals surface area contributed by atoms with E-state index in [9.17, 15) is 4.79 Å². The number of aryl methyl sites for hydroxylation is 2. The van der Waals surface area contributed by atoms with Gasteiger partial charge < -0.3 is 4.74 Å². The van der Waals surface area contributed by atoms with Gasteiger partial charge in [-0.05, 0) is 37.1 Å². The van der Waals surface area contributed by atoms with Gasteiger partial charge in [-0.25, -0.2) is 4.79 Å². The average molecular weight is 240 g/mol. The number of carbonyl (C=O) groups is 1. The molecule has 0 heterocycles. The van der Waals surface area contributed by atoms with Crippen LogP contribution in [0, 0.1) is 6.92 Å². The molecule has 0 amide bonds. The fraction of sp³-hybridized carbons (Fsp3) is 0.188. The Labute approximate surface area is 107 Å². The Morgan fingerprint density at radius 2 is 1.72 bits per heavy atom. The van der Waals surface area contributed by atoms with Gasteiger partial charge in [0.2, 0.25) is 0 Å². The molecule has 2 heteroatoms. The van der Waals surface area contributed by atoms with Gasteiger partial charge in [-0.15, -0.1) is 0 Å². The van der Waals surface area contributed by atoms with Crippen LogP contribution in [0.15, 0.2) is 48.5 Å². The highest BCUT2D eigenvalue weighted by Gasteiger charge is 2.11. The van der Waals surface area contributed by atoms with Gasteiger partial charge in [0.05, 0.1) is 5.56 Å². The van der Waals surface area contributed by atoms with Gasteiger partial charge in [-0.3, -0.25) is 0 Å². The third-order valence-corrected chi connectivity index (χ3v) is 2.85. The maximum absolute atomic E-state index is 12.1. The van der Waals surface area contributed by atoms with Crippen molar-refractivity contribution < 1.29 is 9.53 Å². The lowest BCUT2D eigenvalue weighted by atomic mass is 10.1. The molecule has 2 aromatic carbocycles. The summed E-state index contributed by atoms with van der Waals surface area (Å²) in [6.45, 7) is 4.02. The van der Waals surface area contributed by atoms with Crippen LogP contribution >= 0.6 is 0 Å². The molecule has 0 aliphatic carbocycles. The molecule has 0 bridgehead atoms. The van der Waals surface area contributed by atoms with Crippen molar-refractivity contribution >= 4 is 5.97 Å². The minimum absolute atomic E-state index is 0.295. The Balaban J connectivity index is 2.19. The van der Waals surface area contributed by atoms with E-state index in [2.05, 4.69) is 0 Å². The highest BCUT2D eigenvalue weighted by molar-refractivity contribution is 5.92. The van der Waals surface area contributed by atoms with Gasteiger partial charge in [0.25, 0.3) is 0 Å². The number of esters is 1. The fourth-order valence-electron chi connectivity index (χ4n) is 1.80. The van der Waals surface area contributed by atoms with E-state index < -0.39 is 0 Å². The van der Waals surface area contributed by atoms with E-state index in [4.69, 9.17) is 4.74 Å². The lowest BCUT2D eigenvalue weighted by molar-refractivity contribution is 0.0733. The first-order valence-electron chi connectivity index (χ1n) is 6.07. The second kappa shape index (κ2) is 5.50. The van der Waals surface area contributed by atoms with Crippen LogP contribution in [-0.2, 0) is 6.42 Å². The van der Waals surface area contributed by atoms with Crippen molar-refractivity contribution in [3.8, 4) is 5.75 Å². The molecule has 0 aliphatic rings. The van der Waals surface area contributed by atoms with Crippen LogP contribution in [0.2, 0.25) is 0 Å². The summed E-state index contributed by atoms with van der Waals surface area (Å²) < 4.78 is 5.36. The number of rotatable bonds is 3. The second-order valence-electron chi connectivity index (χ2n) is 4.21. The van der Waals surface area contributed by atoms with Crippen molar-refractivity contribution in [1.82, 2.24) is 0 Å². The maximum Gasteiger partial charge on any atom is 0.343 e. The van der Waals surface area contributed by atoms with E-state index in [1.54, 1.807) is 6.07 Å². The zero-order valence-corrected chi connectivity index (χ0v) is 10.6. The molecule has 0 aromatic heterocycles. The first-order valence-corrected chi connectivity index (χ1v) is 6.07. The number of ether oxygens (including phenoxy) is 1. The summed E-state index contributed by atoms with van der Waals surface area (Å²) in [6.07, 6.45) is 0.819. The van der Waals surface area contributed by atoms with E-state index in [1.807, 2.05) is 56.3 Å². The van der Waals surface area contributed by atoms with E-state index >= 15 is 0 Å². The summed E-state index contributed by atoms with van der Waals surface area (Å²) in [5.74, 6) is 0.285. The Bertz CT molecular complexity index is 541. The molecule has 0 atom stereocenters. The molecule has 0 saturated carbocycles. The number of hydrogen-bond donors (Lipinski definition) is 0. The van der Waals surface area contributed by atoms with E-state index in [0.29, 0.717) is 11.3 Å². The van der Waals surface area contributed by atoms with E-state index in [0.717, 1.165) is 17.5 Å². The molecule has 0 saturated heterocycles. The zero-order valence-electron chi connectivity index (χ0n) is 10.6. The molecular formula is C16H16O2. The molecule has 0 fully saturated rings. The summed E-state index contributed by atoms with van der Waals surface area (Å²) >= 11 is 0. The molecule has 92 valence electrons. The minimum Gasteiger partial charge on any atom is -0.423 e. The third-order valence-electron chi connectivity index (χ3n) is 2.85. The van der Waals surface area contributed by atoms with Crippen LogP contribution < -0.4 is 4.74 Å². The summed E-state index contributed by atoms with van der Waals surface area (Å²) in [5, 5.41) is 0. The topological polar surface area (TPSA) is 26.3 Å². The number of hydrogen-bond acceptors (Lipinski definition) is 2. The fourth-order valence-corrected chi connectivity index (χ4v) is 1.80. The smallest absolute Gasteiger partial charge is 0.343 e. The van der Waals surface area contributed by atoms with E-state index in [-0.39, 0.29) is 5.97 Å². The highest BCUT2D eigenvalue weighted by Crippen LogP contribution is 2.16. The van der Waals surface area contributed by atoms with Crippen LogP contribution in [-0.4, -0.2) is 5.97 Å². The SMILES string of the molecule is CCc1ccccc1C(=O)Oc1ccc(C)cc1. The lowest BCUT2D eigenvalue weighted by Gasteiger charge is -2.08. The van der Waals surface area contributed by atoms with Crippen LogP contribution in [0.3, 0.4) is 0 Å². The average Bonchev–Trinajstić information content (AvgIpc) is 2.41. The predicted molar refractivity (Wildman–Crippen MR) is 72.0 cm³/mol. The second-order valence-corrected chi connectivity index (χ2v) is 4.21. The van der Waals surface area contributed by atoms with Crippen LogP contribution in [0.5, 0.6) is 5.75 Å². The lowest BCUT2D eigenvalue weighted by Crippen LogP contribution is -2.11. The van der Waals surface area contributed by atoms with Gasteiger partial charge in [-0.2, -0.15) is 0 Å². The molecule has 0 spiro atoms. The van der Waals surface area contributed by atoms with Crippen LogP contribution in [0.1, 0.15) is 28.4 Å². The standard InChI is InChI=1S/C16H16O2/c1-3-13-6-4-5-7-15(13)16(17)18-14-10-8-12(2)9-11-14/h4-11H,3H2,1-2H3. The Kier molecular flexibility index (Phi) is 3.78. The van der Waals surface area contributed by atoms with Crippen molar-refractivity contribution in [2.75, 3.05) is 0 Å². The quantitative estimate of drug-likeness (QED) is 0.603. The van der Waals surface area contributed by atoms with Crippen molar-refractivity contribution in [2.24, 2.45) is 0 Å². The molecule has 0 unspecified atom stereocenters. The van der Waals surface area contributed by atoms with Gasteiger partial charge in [-0.1, -0.05) is 42.8 Å². The normalized spacial score (nSPS) is 10.1. The van der Waals surface area contributed by atoms with Crippen molar-refractivity contribution in [3.05, 3.63) is 65.2 Å². The molecule has 0 radical (unpaired) electrons. The first kappa shape index (κ1) is 12.4. The molecule has 18 heavy (non-hydrogen) atoms. The molecule has 0 N–H and O–H groups in total. The first-order chi connectivity index (χ1) is 8.70.